The Bertz CT molecular complexity index is 1660. The Kier molecular flexibility index (Phi) is 7.89. The molecule has 0 unspecified atom stereocenters. The quantitative estimate of drug-likeness (QED) is 0.244. The highest BCUT2D eigenvalue weighted by Gasteiger charge is 2.35. The fourth-order valence-electron chi connectivity index (χ4n) is 4.36. The van der Waals surface area contributed by atoms with Gasteiger partial charge in [0, 0.05) is 5.69 Å². The summed E-state index contributed by atoms with van der Waals surface area (Å²) in [6, 6.07) is 24.7. The Balaban J connectivity index is 1.24. The Hall–Kier alpha value is -4.56. The predicted molar refractivity (Wildman–Crippen MR) is 158 cm³/mol. The fourth-order valence-corrected chi connectivity index (χ4v) is 5.20. The van der Waals surface area contributed by atoms with Crippen LogP contribution in [-0.4, -0.2) is 35.7 Å². The van der Waals surface area contributed by atoms with Crippen LogP contribution < -0.4 is 14.8 Å². The van der Waals surface area contributed by atoms with Crippen LogP contribution >= 0.6 is 11.8 Å². The topological polar surface area (TPSA) is 84.9 Å². The molecule has 1 fully saturated rings. The second-order valence-corrected chi connectivity index (χ2v) is 10.5. The second kappa shape index (κ2) is 11.7. The van der Waals surface area contributed by atoms with Crippen molar-refractivity contribution in [3.63, 3.8) is 0 Å². The molecule has 5 rings (SSSR count). The van der Waals surface area contributed by atoms with Crippen LogP contribution in [0.3, 0.4) is 0 Å². The first-order valence-corrected chi connectivity index (χ1v) is 13.5. The predicted octanol–water partition coefficient (Wildman–Crippen LogP) is 6.72. The maximum atomic E-state index is 13.1. The third kappa shape index (κ3) is 6.02. The molecule has 0 saturated carbocycles. The van der Waals surface area contributed by atoms with Crippen molar-refractivity contribution in [2.45, 2.75) is 20.4 Å². The van der Waals surface area contributed by atoms with Gasteiger partial charge < -0.3 is 14.8 Å². The van der Waals surface area contributed by atoms with Crippen LogP contribution in [0.15, 0.2) is 83.8 Å². The summed E-state index contributed by atoms with van der Waals surface area (Å²) in [4.78, 5) is 39.8. The summed E-state index contributed by atoms with van der Waals surface area (Å²) in [5.74, 6) is 0.155. The van der Waals surface area contributed by atoms with Gasteiger partial charge in [-0.05, 0) is 95.0 Å². The van der Waals surface area contributed by atoms with Gasteiger partial charge in [0.25, 0.3) is 17.1 Å². The average Bonchev–Trinajstić information content (AvgIpc) is 3.21. The van der Waals surface area contributed by atoms with E-state index in [-0.39, 0.29) is 30.2 Å². The van der Waals surface area contributed by atoms with Crippen molar-refractivity contribution in [3.05, 3.63) is 106 Å². The summed E-state index contributed by atoms with van der Waals surface area (Å²) < 4.78 is 11.2. The van der Waals surface area contributed by atoms with E-state index >= 15 is 0 Å². The fraction of sp³-hybridized carbons (Fsp3) is 0.156. The molecule has 0 spiro atoms. The molecule has 8 heteroatoms. The second-order valence-electron chi connectivity index (χ2n) is 9.50. The van der Waals surface area contributed by atoms with Crippen LogP contribution in [0.1, 0.15) is 22.3 Å². The van der Waals surface area contributed by atoms with Gasteiger partial charge >= 0.3 is 0 Å². The number of thioether (sulfide) groups is 1. The lowest BCUT2D eigenvalue weighted by molar-refractivity contribution is -0.123. The van der Waals surface area contributed by atoms with Gasteiger partial charge in [-0.2, -0.15) is 0 Å². The number of carbonyl (C=O) groups is 3. The van der Waals surface area contributed by atoms with Crippen LogP contribution in [0.4, 0.5) is 10.5 Å². The van der Waals surface area contributed by atoms with Gasteiger partial charge in [-0.25, -0.2) is 0 Å². The molecule has 1 N–H and O–H groups in total. The van der Waals surface area contributed by atoms with E-state index < -0.39 is 0 Å². The first-order valence-electron chi connectivity index (χ1n) is 12.7. The van der Waals surface area contributed by atoms with Gasteiger partial charge in [0.15, 0.2) is 18.1 Å². The van der Waals surface area contributed by atoms with Crippen LogP contribution in [0.5, 0.6) is 11.5 Å². The summed E-state index contributed by atoms with van der Waals surface area (Å²) in [7, 11) is 1.50. The monoisotopic (exact) mass is 552 g/mol. The van der Waals surface area contributed by atoms with Crippen LogP contribution in [0, 0.1) is 13.8 Å². The minimum atomic E-state index is -0.342. The molecule has 0 aromatic heterocycles. The van der Waals surface area contributed by atoms with Gasteiger partial charge in [-0.3, -0.25) is 19.3 Å². The van der Waals surface area contributed by atoms with Crippen molar-refractivity contribution >= 4 is 51.4 Å². The van der Waals surface area contributed by atoms with Gasteiger partial charge in [-0.1, -0.05) is 48.5 Å². The SMILES string of the molecule is COc1cc(/C=C2\SC(=O)N(Cc3ccc4ccccc4c3)C2=O)ccc1OCC(=O)Nc1ccc(C)c(C)c1. The van der Waals surface area contributed by atoms with E-state index in [2.05, 4.69) is 5.32 Å². The standard InChI is InChI=1S/C32H28N2O5S/c1-20-8-12-26(14-21(20)2)33-30(35)19-39-27-13-10-22(16-28(27)38-3)17-29-31(36)34(32(37)40-29)18-23-9-11-24-6-4-5-7-25(24)15-23/h4-17H,18-19H2,1-3H3,(H,33,35)/b29-17-. The molecule has 0 aliphatic carbocycles. The number of methoxy groups -OCH3 is 1. The number of fused-ring (bicyclic) bond motifs is 1. The molecule has 202 valence electrons. The lowest BCUT2D eigenvalue weighted by Crippen LogP contribution is -2.27. The number of hydrogen-bond donors (Lipinski definition) is 1. The van der Waals surface area contributed by atoms with E-state index in [9.17, 15) is 14.4 Å². The molecule has 40 heavy (non-hydrogen) atoms. The molecule has 1 heterocycles. The number of rotatable bonds is 8. The van der Waals surface area contributed by atoms with Crippen molar-refractivity contribution in [1.82, 2.24) is 4.90 Å². The number of benzene rings is 4. The van der Waals surface area contributed by atoms with Gasteiger partial charge in [-0.15, -0.1) is 0 Å². The maximum Gasteiger partial charge on any atom is 0.293 e. The number of anilines is 1. The van der Waals surface area contributed by atoms with Crippen molar-refractivity contribution in [1.29, 1.82) is 0 Å². The van der Waals surface area contributed by atoms with E-state index in [0.717, 1.165) is 39.2 Å². The minimum Gasteiger partial charge on any atom is -0.493 e. The van der Waals surface area contributed by atoms with E-state index in [1.165, 1.54) is 12.0 Å². The van der Waals surface area contributed by atoms with Gasteiger partial charge in [0.2, 0.25) is 0 Å². The minimum absolute atomic E-state index is 0.198. The first kappa shape index (κ1) is 27.0. The molecule has 1 aliphatic rings. The number of aryl methyl sites for hydroxylation is 2. The summed E-state index contributed by atoms with van der Waals surface area (Å²) in [6.45, 7) is 4.00. The summed E-state index contributed by atoms with van der Waals surface area (Å²) in [5, 5.41) is 4.67. The smallest absolute Gasteiger partial charge is 0.293 e. The molecule has 0 bridgehead atoms. The number of imide groups is 1. The molecule has 4 aromatic rings. The Morgan fingerprint density at radius 2 is 1.70 bits per heavy atom. The van der Waals surface area contributed by atoms with Crippen molar-refractivity contribution in [2.75, 3.05) is 19.0 Å². The molecular weight excluding hydrogens is 524 g/mol. The Morgan fingerprint density at radius 3 is 2.48 bits per heavy atom. The zero-order valence-electron chi connectivity index (χ0n) is 22.4. The molecule has 7 nitrogen and oxygen atoms in total. The molecule has 1 saturated heterocycles. The third-order valence-electron chi connectivity index (χ3n) is 6.66. The highest BCUT2D eigenvalue weighted by Crippen LogP contribution is 2.35. The maximum absolute atomic E-state index is 13.1. The van der Waals surface area contributed by atoms with Crippen molar-refractivity contribution in [2.24, 2.45) is 0 Å². The first-order chi connectivity index (χ1) is 19.3. The van der Waals surface area contributed by atoms with E-state index in [1.807, 2.05) is 74.5 Å². The lowest BCUT2D eigenvalue weighted by Gasteiger charge is -2.13. The normalized spacial score (nSPS) is 14.2. The molecule has 1 aliphatic heterocycles. The largest absolute Gasteiger partial charge is 0.493 e. The molecule has 4 aromatic carbocycles. The number of nitrogens with zero attached hydrogens (tertiary/aromatic N) is 1. The number of ether oxygens (including phenoxy) is 2. The van der Waals surface area contributed by atoms with Gasteiger partial charge in [0.05, 0.1) is 18.6 Å². The Labute approximate surface area is 236 Å². The van der Waals surface area contributed by atoms with E-state index in [1.54, 1.807) is 24.3 Å². The molecule has 3 amide bonds. The number of carbonyl (C=O) groups excluding carboxylic acids is 3. The molecule has 0 atom stereocenters. The number of hydrogen-bond acceptors (Lipinski definition) is 6. The Morgan fingerprint density at radius 1 is 0.900 bits per heavy atom. The van der Waals surface area contributed by atoms with E-state index in [4.69, 9.17) is 9.47 Å². The number of nitrogens with one attached hydrogen (secondary N) is 1. The zero-order chi connectivity index (χ0) is 28.2. The highest BCUT2D eigenvalue weighted by molar-refractivity contribution is 8.18. The van der Waals surface area contributed by atoms with Crippen LogP contribution in [0.2, 0.25) is 0 Å². The highest BCUT2D eigenvalue weighted by atomic mass is 32.2. The number of amides is 3. The summed E-state index contributed by atoms with van der Waals surface area (Å²) >= 11 is 0.908. The van der Waals surface area contributed by atoms with Gasteiger partial charge in [0.1, 0.15) is 0 Å². The van der Waals surface area contributed by atoms with Crippen molar-refractivity contribution in [3.8, 4) is 11.5 Å². The molecule has 0 radical (unpaired) electrons. The van der Waals surface area contributed by atoms with Crippen LogP contribution in [-0.2, 0) is 16.1 Å². The lowest BCUT2D eigenvalue weighted by atomic mass is 10.1. The van der Waals surface area contributed by atoms with Crippen molar-refractivity contribution < 1.29 is 23.9 Å². The summed E-state index contributed by atoms with van der Waals surface area (Å²) in [6.07, 6.45) is 1.66. The van der Waals surface area contributed by atoms with E-state index in [0.29, 0.717) is 27.7 Å². The summed E-state index contributed by atoms with van der Waals surface area (Å²) in [5.41, 5.74) is 4.48. The third-order valence-corrected chi connectivity index (χ3v) is 7.57. The average molecular weight is 553 g/mol. The zero-order valence-corrected chi connectivity index (χ0v) is 23.2. The van der Waals surface area contributed by atoms with Crippen LogP contribution in [0.25, 0.3) is 16.8 Å². The molecular formula is C32H28N2O5S.